The van der Waals surface area contributed by atoms with Crippen molar-refractivity contribution < 1.29 is 4.79 Å². The summed E-state index contributed by atoms with van der Waals surface area (Å²) in [5, 5.41) is 9.60. The van der Waals surface area contributed by atoms with Gasteiger partial charge in [-0.3, -0.25) is 10.4 Å². The molecule has 1 aromatic rings. The van der Waals surface area contributed by atoms with Gasteiger partial charge in [-0.25, -0.2) is 4.79 Å². The normalized spacial score (nSPS) is 16.9. The van der Waals surface area contributed by atoms with Crippen LogP contribution in [0, 0.1) is 6.92 Å². The van der Waals surface area contributed by atoms with E-state index >= 15 is 0 Å². The largest absolute Gasteiger partial charge is 0.325 e. The minimum Gasteiger partial charge on any atom is -0.325 e. The molecule has 5 heteroatoms. The van der Waals surface area contributed by atoms with Gasteiger partial charge in [0.25, 0.3) is 0 Å². The number of carbonyl (C=O) groups is 1. The molecule has 2 N–H and O–H groups in total. The number of H-pyrrole nitrogens is 1. The highest BCUT2D eigenvalue weighted by atomic mass is 16.2. The fourth-order valence-corrected chi connectivity index (χ4v) is 1.94. The molecule has 1 saturated heterocycles. The summed E-state index contributed by atoms with van der Waals surface area (Å²) in [5.41, 5.74) is 0.950. The molecule has 0 aromatic carbocycles. The summed E-state index contributed by atoms with van der Waals surface area (Å²) in [4.78, 5) is 13.8. The minimum atomic E-state index is -0.0339. The summed E-state index contributed by atoms with van der Waals surface area (Å²) in [5.74, 6) is 0.603. The zero-order valence-corrected chi connectivity index (χ0v) is 9.62. The number of amides is 2. The van der Waals surface area contributed by atoms with Crippen LogP contribution in [0.25, 0.3) is 0 Å². The lowest BCUT2D eigenvalue weighted by Crippen LogP contribution is -2.35. The maximum atomic E-state index is 11.9. The minimum absolute atomic E-state index is 0.0339. The maximum Gasteiger partial charge on any atom is 0.323 e. The Kier molecular flexibility index (Phi) is 3.44. The maximum absolute atomic E-state index is 11.9. The molecule has 88 valence electrons. The van der Waals surface area contributed by atoms with Gasteiger partial charge >= 0.3 is 6.03 Å². The summed E-state index contributed by atoms with van der Waals surface area (Å²) in [6.45, 7) is 3.62. The van der Waals surface area contributed by atoms with Crippen LogP contribution in [0.2, 0.25) is 0 Å². The van der Waals surface area contributed by atoms with Crippen molar-refractivity contribution in [2.24, 2.45) is 0 Å². The number of nitrogens with zero attached hydrogens (tertiary/aromatic N) is 2. The first-order valence-electron chi connectivity index (χ1n) is 5.83. The molecule has 1 aliphatic heterocycles. The van der Waals surface area contributed by atoms with Gasteiger partial charge in [0, 0.05) is 24.8 Å². The Morgan fingerprint density at radius 3 is 2.62 bits per heavy atom. The molecule has 0 saturated carbocycles. The second kappa shape index (κ2) is 5.01. The fourth-order valence-electron chi connectivity index (χ4n) is 1.94. The average Bonchev–Trinajstić information content (AvgIpc) is 2.56. The van der Waals surface area contributed by atoms with Crippen molar-refractivity contribution >= 4 is 11.8 Å². The molecule has 0 spiro atoms. The van der Waals surface area contributed by atoms with E-state index in [0.29, 0.717) is 5.82 Å². The molecular formula is C11H18N4O. The number of urea groups is 1. The fraction of sp³-hybridized carbons (Fsp3) is 0.636. The van der Waals surface area contributed by atoms with Crippen molar-refractivity contribution in [1.29, 1.82) is 0 Å². The van der Waals surface area contributed by atoms with Crippen LogP contribution in [0.3, 0.4) is 0 Å². The Morgan fingerprint density at radius 1 is 1.38 bits per heavy atom. The van der Waals surface area contributed by atoms with Gasteiger partial charge < -0.3 is 4.90 Å². The second-order valence-electron chi connectivity index (χ2n) is 4.27. The molecule has 0 radical (unpaired) electrons. The summed E-state index contributed by atoms with van der Waals surface area (Å²) in [7, 11) is 0. The number of aromatic amines is 1. The standard InChI is InChI=1S/C11H18N4O/c1-9-8-10(14-13-9)12-11(16)15-6-4-2-3-5-7-15/h8H,2-7H2,1H3,(H2,12,13,14,16). The van der Waals surface area contributed by atoms with Crippen molar-refractivity contribution in [3.63, 3.8) is 0 Å². The molecule has 2 rings (SSSR count). The summed E-state index contributed by atoms with van der Waals surface area (Å²) >= 11 is 0. The lowest BCUT2D eigenvalue weighted by Gasteiger charge is -2.19. The number of likely N-dealkylation sites (tertiary alicyclic amines) is 1. The first-order chi connectivity index (χ1) is 7.75. The lowest BCUT2D eigenvalue weighted by atomic mass is 10.2. The predicted octanol–water partition coefficient (Wildman–Crippen LogP) is 2.13. The third-order valence-electron chi connectivity index (χ3n) is 2.83. The van der Waals surface area contributed by atoms with Crippen LogP contribution in [0.5, 0.6) is 0 Å². The van der Waals surface area contributed by atoms with Gasteiger partial charge in [-0.1, -0.05) is 12.8 Å². The predicted molar refractivity (Wildman–Crippen MR) is 62.4 cm³/mol. The number of hydrogen-bond acceptors (Lipinski definition) is 2. The van der Waals surface area contributed by atoms with Crippen LogP contribution in [-0.2, 0) is 0 Å². The SMILES string of the molecule is Cc1cc(NC(=O)N2CCCCCC2)n[nH]1. The Labute approximate surface area is 95.2 Å². The topological polar surface area (TPSA) is 61.0 Å². The number of nitrogens with one attached hydrogen (secondary N) is 2. The number of aromatic nitrogens is 2. The first kappa shape index (κ1) is 11.0. The second-order valence-corrected chi connectivity index (χ2v) is 4.27. The smallest absolute Gasteiger partial charge is 0.323 e. The number of rotatable bonds is 1. The molecule has 2 amide bonds. The molecule has 2 heterocycles. The molecule has 1 fully saturated rings. The zero-order valence-electron chi connectivity index (χ0n) is 9.62. The van der Waals surface area contributed by atoms with Gasteiger partial charge in [0.2, 0.25) is 0 Å². The first-order valence-corrected chi connectivity index (χ1v) is 5.83. The van der Waals surface area contributed by atoms with E-state index in [9.17, 15) is 4.79 Å². The molecule has 1 aliphatic rings. The molecular weight excluding hydrogens is 204 g/mol. The van der Waals surface area contributed by atoms with Crippen molar-refractivity contribution in [2.75, 3.05) is 18.4 Å². The zero-order chi connectivity index (χ0) is 11.4. The Balaban J connectivity index is 1.91. The van der Waals surface area contributed by atoms with E-state index < -0.39 is 0 Å². The molecule has 0 bridgehead atoms. The quantitative estimate of drug-likeness (QED) is 0.764. The summed E-state index contributed by atoms with van der Waals surface area (Å²) < 4.78 is 0. The molecule has 16 heavy (non-hydrogen) atoms. The van der Waals surface area contributed by atoms with Crippen LogP contribution in [0.15, 0.2) is 6.07 Å². The van der Waals surface area contributed by atoms with Gasteiger partial charge in [-0.05, 0) is 19.8 Å². The van der Waals surface area contributed by atoms with E-state index in [1.54, 1.807) is 0 Å². The van der Waals surface area contributed by atoms with Gasteiger partial charge in [-0.2, -0.15) is 5.10 Å². The molecule has 5 nitrogen and oxygen atoms in total. The van der Waals surface area contributed by atoms with Crippen molar-refractivity contribution in [1.82, 2.24) is 15.1 Å². The van der Waals surface area contributed by atoms with E-state index in [-0.39, 0.29) is 6.03 Å². The van der Waals surface area contributed by atoms with Crippen molar-refractivity contribution in [2.45, 2.75) is 32.6 Å². The van der Waals surface area contributed by atoms with Gasteiger partial charge in [0.05, 0.1) is 0 Å². The van der Waals surface area contributed by atoms with Gasteiger partial charge in [0.1, 0.15) is 0 Å². The van der Waals surface area contributed by atoms with Gasteiger partial charge in [-0.15, -0.1) is 0 Å². The Hall–Kier alpha value is -1.52. The lowest BCUT2D eigenvalue weighted by molar-refractivity contribution is 0.213. The Morgan fingerprint density at radius 2 is 2.06 bits per heavy atom. The van der Waals surface area contributed by atoms with E-state index in [4.69, 9.17) is 0 Å². The summed E-state index contributed by atoms with van der Waals surface area (Å²) in [6.07, 6.45) is 4.66. The van der Waals surface area contributed by atoms with Crippen molar-refractivity contribution in [3.8, 4) is 0 Å². The average molecular weight is 222 g/mol. The monoisotopic (exact) mass is 222 g/mol. The molecule has 1 aromatic heterocycles. The van der Waals surface area contributed by atoms with Crippen LogP contribution < -0.4 is 5.32 Å². The molecule has 0 aliphatic carbocycles. The van der Waals surface area contributed by atoms with E-state index in [1.807, 2.05) is 17.9 Å². The van der Waals surface area contributed by atoms with E-state index in [0.717, 1.165) is 31.6 Å². The van der Waals surface area contributed by atoms with E-state index in [1.165, 1.54) is 12.8 Å². The highest BCUT2D eigenvalue weighted by Gasteiger charge is 2.15. The van der Waals surface area contributed by atoms with Crippen LogP contribution in [-0.4, -0.2) is 34.2 Å². The molecule has 0 unspecified atom stereocenters. The third kappa shape index (κ3) is 2.74. The number of anilines is 1. The Bertz CT molecular complexity index is 353. The van der Waals surface area contributed by atoms with Crippen LogP contribution in [0.4, 0.5) is 10.6 Å². The number of aryl methyl sites for hydroxylation is 1. The molecule has 0 atom stereocenters. The third-order valence-corrected chi connectivity index (χ3v) is 2.83. The highest BCUT2D eigenvalue weighted by Crippen LogP contribution is 2.11. The van der Waals surface area contributed by atoms with E-state index in [2.05, 4.69) is 15.5 Å². The summed E-state index contributed by atoms with van der Waals surface area (Å²) in [6, 6.07) is 1.80. The number of hydrogen-bond donors (Lipinski definition) is 2. The van der Waals surface area contributed by atoms with Crippen LogP contribution in [0.1, 0.15) is 31.4 Å². The highest BCUT2D eigenvalue weighted by molar-refractivity contribution is 5.88. The van der Waals surface area contributed by atoms with Crippen LogP contribution >= 0.6 is 0 Å². The van der Waals surface area contributed by atoms with Gasteiger partial charge in [0.15, 0.2) is 5.82 Å². The van der Waals surface area contributed by atoms with Crippen molar-refractivity contribution in [3.05, 3.63) is 11.8 Å². The number of carbonyl (C=O) groups excluding carboxylic acids is 1.